The molecule has 0 aromatic rings. The number of nitrogens with zero attached hydrogens (tertiary/aromatic N) is 1. The van der Waals surface area contributed by atoms with E-state index in [1.54, 1.807) is 13.8 Å². The third-order valence-electron chi connectivity index (χ3n) is 3.73. The Hall–Kier alpha value is -1.02. The van der Waals surface area contributed by atoms with Crippen molar-refractivity contribution < 1.29 is 28.5 Å². The first kappa shape index (κ1) is 10.9. The SMILES string of the molecule is CC1(C)O[C@H]2O[C@@H]3CN4C(=O)C(=O)[C@H]4O[C@@H]3[C@H]2O1. The maximum atomic E-state index is 11.4. The first-order chi connectivity index (χ1) is 8.46. The first-order valence-corrected chi connectivity index (χ1v) is 5.98. The molecule has 4 aliphatic heterocycles. The van der Waals surface area contributed by atoms with E-state index in [2.05, 4.69) is 0 Å². The zero-order chi connectivity index (χ0) is 12.7. The fourth-order valence-corrected chi connectivity index (χ4v) is 2.94. The van der Waals surface area contributed by atoms with Crippen LogP contribution in [0.3, 0.4) is 0 Å². The number of β-lactam (4-membered cyclic amide) rings is 1. The van der Waals surface area contributed by atoms with E-state index < -0.39 is 30.0 Å². The van der Waals surface area contributed by atoms with Crippen LogP contribution in [0.5, 0.6) is 0 Å². The van der Waals surface area contributed by atoms with Gasteiger partial charge in [-0.05, 0) is 13.8 Å². The summed E-state index contributed by atoms with van der Waals surface area (Å²) >= 11 is 0. The van der Waals surface area contributed by atoms with E-state index in [9.17, 15) is 9.59 Å². The van der Waals surface area contributed by atoms with Crippen molar-refractivity contribution in [3.63, 3.8) is 0 Å². The molecule has 4 heterocycles. The highest BCUT2D eigenvalue weighted by atomic mass is 16.8. The van der Waals surface area contributed by atoms with Gasteiger partial charge >= 0.3 is 0 Å². The first-order valence-electron chi connectivity index (χ1n) is 5.98. The van der Waals surface area contributed by atoms with E-state index in [1.165, 1.54) is 4.90 Å². The Labute approximate surface area is 103 Å². The lowest BCUT2D eigenvalue weighted by atomic mass is 10.0. The van der Waals surface area contributed by atoms with Crippen LogP contribution in [-0.4, -0.2) is 59.8 Å². The Kier molecular flexibility index (Phi) is 1.87. The van der Waals surface area contributed by atoms with Gasteiger partial charge in [-0.25, -0.2) is 0 Å². The minimum Gasteiger partial charge on any atom is -0.342 e. The number of hydrogen-bond donors (Lipinski definition) is 0. The van der Waals surface area contributed by atoms with Crippen LogP contribution in [0.15, 0.2) is 0 Å². The molecule has 1 amide bonds. The Bertz CT molecular complexity index is 449. The van der Waals surface area contributed by atoms with Crippen LogP contribution < -0.4 is 0 Å². The third kappa shape index (κ3) is 1.22. The predicted molar refractivity (Wildman–Crippen MR) is 54.1 cm³/mol. The highest BCUT2D eigenvalue weighted by molar-refractivity contribution is 6.44. The highest BCUT2D eigenvalue weighted by Gasteiger charge is 2.62. The quantitative estimate of drug-likeness (QED) is 0.408. The average molecular weight is 255 g/mol. The maximum absolute atomic E-state index is 11.4. The van der Waals surface area contributed by atoms with Crippen molar-refractivity contribution in [2.24, 2.45) is 0 Å². The Morgan fingerprint density at radius 2 is 1.94 bits per heavy atom. The molecule has 0 radical (unpaired) electrons. The number of ketones is 1. The molecule has 7 heteroatoms. The molecule has 0 saturated carbocycles. The standard InChI is InChI=1S/C11H13NO6/c1-11(2)17-7-6-4(15-10(7)18-11)3-12-8(14)5(13)9(12)16-6/h4,6-7,9-10H,3H2,1-2H3/t4-,6+,7-,9-,10-/m1/s1. The Morgan fingerprint density at radius 1 is 1.17 bits per heavy atom. The van der Waals surface area contributed by atoms with E-state index in [0.29, 0.717) is 6.54 Å². The summed E-state index contributed by atoms with van der Waals surface area (Å²) in [5, 5.41) is 0. The van der Waals surface area contributed by atoms with Gasteiger partial charge in [-0.2, -0.15) is 0 Å². The lowest BCUT2D eigenvalue weighted by Crippen LogP contribution is -2.70. The van der Waals surface area contributed by atoms with Crippen molar-refractivity contribution >= 4 is 11.7 Å². The summed E-state index contributed by atoms with van der Waals surface area (Å²) in [4.78, 5) is 24.1. The molecular weight excluding hydrogens is 242 g/mol. The van der Waals surface area contributed by atoms with Gasteiger partial charge in [0.15, 0.2) is 12.1 Å². The molecule has 0 spiro atoms. The number of carbonyl (C=O) groups is 2. The number of fused-ring (bicyclic) bond motifs is 4. The number of hydrogen-bond acceptors (Lipinski definition) is 6. The lowest BCUT2D eigenvalue weighted by Gasteiger charge is -2.46. The highest BCUT2D eigenvalue weighted by Crippen LogP contribution is 2.42. The molecule has 4 fully saturated rings. The van der Waals surface area contributed by atoms with Gasteiger partial charge < -0.3 is 23.8 Å². The van der Waals surface area contributed by atoms with Gasteiger partial charge in [0.2, 0.25) is 6.23 Å². The molecule has 0 aliphatic carbocycles. The van der Waals surface area contributed by atoms with Gasteiger partial charge in [-0.3, -0.25) is 9.59 Å². The van der Waals surface area contributed by atoms with Crippen LogP contribution in [0.2, 0.25) is 0 Å². The summed E-state index contributed by atoms with van der Waals surface area (Å²) < 4.78 is 22.6. The molecule has 5 atom stereocenters. The van der Waals surface area contributed by atoms with Crippen LogP contribution >= 0.6 is 0 Å². The molecule has 0 aromatic heterocycles. The van der Waals surface area contributed by atoms with E-state index >= 15 is 0 Å². The smallest absolute Gasteiger partial charge is 0.297 e. The minimum absolute atomic E-state index is 0.288. The van der Waals surface area contributed by atoms with Gasteiger partial charge in [0.25, 0.3) is 11.7 Å². The number of amides is 1. The molecular formula is C11H13NO6. The number of ether oxygens (including phenoxy) is 4. The van der Waals surface area contributed by atoms with Gasteiger partial charge in [-0.15, -0.1) is 0 Å². The van der Waals surface area contributed by atoms with E-state index in [-0.39, 0.29) is 18.3 Å². The van der Waals surface area contributed by atoms with E-state index in [1.807, 2.05) is 0 Å². The fraction of sp³-hybridized carbons (Fsp3) is 0.818. The molecule has 7 nitrogen and oxygen atoms in total. The molecule has 4 rings (SSSR count). The van der Waals surface area contributed by atoms with Crippen molar-refractivity contribution in [2.75, 3.05) is 6.54 Å². The summed E-state index contributed by atoms with van der Waals surface area (Å²) in [6, 6.07) is 0. The minimum atomic E-state index is -0.756. The Balaban J connectivity index is 1.57. The number of carbonyl (C=O) groups excluding carboxylic acids is 2. The number of rotatable bonds is 0. The molecule has 0 N–H and O–H groups in total. The molecule has 18 heavy (non-hydrogen) atoms. The second-order valence-corrected chi connectivity index (χ2v) is 5.42. The number of Topliss-reactive ketones (excluding diaryl/α,β-unsaturated/α-hetero) is 1. The molecule has 0 bridgehead atoms. The van der Waals surface area contributed by atoms with Gasteiger partial charge in [0.1, 0.15) is 18.3 Å². The van der Waals surface area contributed by atoms with Crippen LogP contribution in [-0.2, 0) is 28.5 Å². The molecule has 0 unspecified atom stereocenters. The normalized spacial score (nSPS) is 48.6. The van der Waals surface area contributed by atoms with Crippen molar-refractivity contribution in [2.45, 2.75) is 50.5 Å². The molecule has 0 aromatic carbocycles. The fourth-order valence-electron chi connectivity index (χ4n) is 2.94. The van der Waals surface area contributed by atoms with Crippen molar-refractivity contribution in [1.29, 1.82) is 0 Å². The molecule has 4 saturated heterocycles. The van der Waals surface area contributed by atoms with Crippen molar-refractivity contribution in [3.05, 3.63) is 0 Å². The lowest BCUT2D eigenvalue weighted by molar-refractivity contribution is -0.253. The zero-order valence-corrected chi connectivity index (χ0v) is 9.99. The van der Waals surface area contributed by atoms with E-state index in [4.69, 9.17) is 18.9 Å². The second kappa shape index (κ2) is 3.11. The van der Waals surface area contributed by atoms with Crippen LogP contribution in [0.4, 0.5) is 0 Å². The third-order valence-corrected chi connectivity index (χ3v) is 3.73. The monoisotopic (exact) mass is 255 g/mol. The zero-order valence-electron chi connectivity index (χ0n) is 9.99. The van der Waals surface area contributed by atoms with Gasteiger partial charge in [0, 0.05) is 0 Å². The van der Waals surface area contributed by atoms with Crippen LogP contribution in [0, 0.1) is 0 Å². The predicted octanol–water partition coefficient (Wildman–Crippen LogP) is -1.00. The van der Waals surface area contributed by atoms with Gasteiger partial charge in [-0.1, -0.05) is 0 Å². The maximum Gasteiger partial charge on any atom is 0.297 e. The summed E-state index contributed by atoms with van der Waals surface area (Å²) in [5.74, 6) is -1.70. The summed E-state index contributed by atoms with van der Waals surface area (Å²) in [7, 11) is 0. The van der Waals surface area contributed by atoms with Crippen molar-refractivity contribution in [1.82, 2.24) is 4.90 Å². The Morgan fingerprint density at radius 3 is 2.72 bits per heavy atom. The van der Waals surface area contributed by atoms with Crippen molar-refractivity contribution in [3.8, 4) is 0 Å². The van der Waals surface area contributed by atoms with Gasteiger partial charge in [0.05, 0.1) is 6.54 Å². The van der Waals surface area contributed by atoms with Crippen LogP contribution in [0.1, 0.15) is 13.8 Å². The second-order valence-electron chi connectivity index (χ2n) is 5.42. The van der Waals surface area contributed by atoms with E-state index in [0.717, 1.165) is 0 Å². The molecule has 4 aliphatic rings. The average Bonchev–Trinajstić information content (AvgIpc) is 2.78. The topological polar surface area (TPSA) is 74.3 Å². The summed E-state index contributed by atoms with van der Waals surface area (Å²) in [5.41, 5.74) is 0. The summed E-state index contributed by atoms with van der Waals surface area (Å²) in [6.07, 6.45) is -2.22. The largest absolute Gasteiger partial charge is 0.342 e. The molecule has 98 valence electrons. The summed E-state index contributed by atoms with van der Waals surface area (Å²) in [6.45, 7) is 3.97. The van der Waals surface area contributed by atoms with Crippen LogP contribution in [0.25, 0.3) is 0 Å².